The van der Waals surface area contributed by atoms with Crippen molar-refractivity contribution < 1.29 is 18.8 Å². The first-order valence-electron chi connectivity index (χ1n) is 10.6. The second kappa shape index (κ2) is 8.45. The minimum atomic E-state index is -0.404. The van der Waals surface area contributed by atoms with E-state index in [4.69, 9.17) is 14.0 Å². The normalized spacial score (nSPS) is 17.9. The highest BCUT2D eigenvalue weighted by molar-refractivity contribution is 5.92. The summed E-state index contributed by atoms with van der Waals surface area (Å²) in [5, 5.41) is 3.77. The Bertz CT molecular complexity index is 1120. The molecule has 5 rings (SSSR count). The van der Waals surface area contributed by atoms with E-state index in [1.54, 1.807) is 18.1 Å². The maximum Gasteiger partial charge on any atom is 0.278 e. The molecule has 0 saturated carbocycles. The minimum Gasteiger partial charge on any atom is -0.481 e. The SMILES string of the molecule is COc1ncc(N2CCc3ncnc(O[C@H]4CCCN4C(=O)c4ccon4)c3C2)cc1C. The van der Waals surface area contributed by atoms with Crippen LogP contribution in [-0.2, 0) is 13.0 Å². The van der Waals surface area contributed by atoms with Crippen LogP contribution < -0.4 is 14.4 Å². The van der Waals surface area contributed by atoms with Crippen molar-refractivity contribution in [2.24, 2.45) is 0 Å². The number of amides is 1. The van der Waals surface area contributed by atoms with Gasteiger partial charge in [-0.15, -0.1) is 0 Å². The summed E-state index contributed by atoms with van der Waals surface area (Å²) in [4.78, 5) is 30.0. The predicted molar refractivity (Wildman–Crippen MR) is 114 cm³/mol. The van der Waals surface area contributed by atoms with Gasteiger partial charge in [0.25, 0.3) is 5.91 Å². The first kappa shape index (κ1) is 20.2. The van der Waals surface area contributed by atoms with Crippen LogP contribution in [0.2, 0.25) is 0 Å². The molecule has 3 aromatic heterocycles. The number of ether oxygens (including phenoxy) is 2. The van der Waals surface area contributed by atoms with E-state index < -0.39 is 6.23 Å². The molecule has 166 valence electrons. The Labute approximate surface area is 185 Å². The second-order valence-electron chi connectivity index (χ2n) is 7.89. The summed E-state index contributed by atoms with van der Waals surface area (Å²) in [6.07, 6.45) is 6.69. The van der Waals surface area contributed by atoms with Crippen LogP contribution in [-0.4, -0.2) is 57.3 Å². The van der Waals surface area contributed by atoms with E-state index in [1.165, 1.54) is 12.6 Å². The average molecular weight is 436 g/mol. The lowest BCUT2D eigenvalue weighted by molar-refractivity contribution is 0.0370. The van der Waals surface area contributed by atoms with Crippen molar-refractivity contribution >= 4 is 11.6 Å². The van der Waals surface area contributed by atoms with Crippen molar-refractivity contribution in [3.05, 3.63) is 53.4 Å². The molecule has 10 nitrogen and oxygen atoms in total. The van der Waals surface area contributed by atoms with E-state index in [0.29, 0.717) is 24.8 Å². The third kappa shape index (κ3) is 3.72. The number of pyridine rings is 1. The number of carbonyl (C=O) groups excluding carboxylic acids is 1. The Hall–Kier alpha value is -3.69. The fraction of sp³-hybridized carbons (Fsp3) is 0.409. The van der Waals surface area contributed by atoms with Crippen molar-refractivity contribution in [3.8, 4) is 11.8 Å². The van der Waals surface area contributed by atoms with Crippen molar-refractivity contribution in [1.82, 2.24) is 25.0 Å². The summed E-state index contributed by atoms with van der Waals surface area (Å²) in [6.45, 7) is 4.00. The van der Waals surface area contributed by atoms with Crippen LogP contribution in [0.3, 0.4) is 0 Å². The summed E-state index contributed by atoms with van der Waals surface area (Å²) in [7, 11) is 1.62. The number of aryl methyl sites for hydroxylation is 1. The van der Waals surface area contributed by atoms with E-state index in [2.05, 4.69) is 31.1 Å². The van der Waals surface area contributed by atoms with Gasteiger partial charge in [-0.05, 0) is 19.4 Å². The monoisotopic (exact) mass is 436 g/mol. The molecule has 2 aliphatic heterocycles. The summed E-state index contributed by atoms with van der Waals surface area (Å²) in [5.74, 6) is 0.935. The zero-order chi connectivity index (χ0) is 22.1. The molecule has 1 saturated heterocycles. The highest BCUT2D eigenvalue weighted by atomic mass is 16.5. The molecule has 1 fully saturated rings. The predicted octanol–water partition coefficient (Wildman–Crippen LogP) is 2.38. The average Bonchev–Trinajstić information content (AvgIpc) is 3.51. The van der Waals surface area contributed by atoms with Crippen LogP contribution in [0.1, 0.15) is 40.2 Å². The molecule has 0 aliphatic carbocycles. The van der Waals surface area contributed by atoms with Gasteiger partial charge in [-0.25, -0.2) is 15.0 Å². The number of anilines is 1. The van der Waals surface area contributed by atoms with Crippen molar-refractivity contribution in [3.63, 3.8) is 0 Å². The van der Waals surface area contributed by atoms with Gasteiger partial charge in [0, 0.05) is 37.6 Å². The highest BCUT2D eigenvalue weighted by Crippen LogP contribution is 2.31. The number of methoxy groups -OCH3 is 1. The lowest BCUT2D eigenvalue weighted by atomic mass is 10.1. The third-order valence-electron chi connectivity index (χ3n) is 5.90. The van der Waals surface area contributed by atoms with Gasteiger partial charge < -0.3 is 23.8 Å². The van der Waals surface area contributed by atoms with E-state index in [1.807, 2.05) is 13.1 Å². The molecule has 3 aromatic rings. The Kier molecular flexibility index (Phi) is 5.34. The van der Waals surface area contributed by atoms with Gasteiger partial charge in [0.05, 0.1) is 36.8 Å². The lowest BCUT2D eigenvalue weighted by Crippen LogP contribution is -2.40. The summed E-state index contributed by atoms with van der Waals surface area (Å²) in [5.41, 5.74) is 4.17. The van der Waals surface area contributed by atoms with Crippen LogP contribution in [0.15, 0.2) is 35.4 Å². The number of nitrogens with zero attached hydrogens (tertiary/aromatic N) is 6. The maximum absolute atomic E-state index is 12.8. The number of fused-ring (bicyclic) bond motifs is 1. The topological polar surface area (TPSA) is 107 Å². The van der Waals surface area contributed by atoms with Gasteiger partial charge in [-0.1, -0.05) is 5.16 Å². The standard InChI is InChI=1S/C22H24N6O4/c1-14-10-15(11-23-20(14)30-2)27-8-5-17-16(12-27)21(25-13-24-17)32-19-4-3-7-28(19)22(29)18-6-9-31-26-18/h6,9-11,13,19H,3-5,7-8,12H2,1-2H3/t19-/m0/s1. The fourth-order valence-electron chi connectivity index (χ4n) is 4.26. The number of hydrogen-bond acceptors (Lipinski definition) is 9. The first-order chi connectivity index (χ1) is 15.6. The van der Waals surface area contributed by atoms with Crippen molar-refractivity contribution in [2.75, 3.05) is 25.1 Å². The summed E-state index contributed by atoms with van der Waals surface area (Å²) in [6, 6.07) is 3.63. The summed E-state index contributed by atoms with van der Waals surface area (Å²) >= 11 is 0. The number of rotatable bonds is 5. The smallest absolute Gasteiger partial charge is 0.278 e. The molecule has 0 unspecified atom stereocenters. The lowest BCUT2D eigenvalue weighted by Gasteiger charge is -2.32. The molecule has 0 spiro atoms. The molecule has 0 N–H and O–H groups in total. The molecule has 0 radical (unpaired) electrons. The molecule has 1 atom stereocenters. The Morgan fingerprint density at radius 2 is 2.12 bits per heavy atom. The second-order valence-corrected chi connectivity index (χ2v) is 7.89. The molecule has 0 aromatic carbocycles. The van der Waals surface area contributed by atoms with Crippen LogP contribution in [0.4, 0.5) is 5.69 Å². The molecule has 0 bridgehead atoms. The van der Waals surface area contributed by atoms with Gasteiger partial charge >= 0.3 is 0 Å². The Balaban J connectivity index is 1.37. The van der Waals surface area contributed by atoms with Crippen LogP contribution >= 0.6 is 0 Å². The van der Waals surface area contributed by atoms with Crippen LogP contribution in [0.5, 0.6) is 11.8 Å². The first-order valence-corrected chi connectivity index (χ1v) is 10.6. The molecular formula is C22H24N6O4. The van der Waals surface area contributed by atoms with Gasteiger partial charge in [-0.2, -0.15) is 0 Å². The van der Waals surface area contributed by atoms with E-state index in [-0.39, 0.29) is 11.6 Å². The van der Waals surface area contributed by atoms with E-state index in [9.17, 15) is 4.79 Å². The van der Waals surface area contributed by atoms with Crippen LogP contribution in [0, 0.1) is 6.92 Å². The fourth-order valence-corrected chi connectivity index (χ4v) is 4.26. The van der Waals surface area contributed by atoms with Gasteiger partial charge in [0.15, 0.2) is 11.9 Å². The van der Waals surface area contributed by atoms with Crippen molar-refractivity contribution in [2.45, 2.75) is 39.0 Å². The van der Waals surface area contributed by atoms with Crippen molar-refractivity contribution in [1.29, 1.82) is 0 Å². The number of carbonyl (C=O) groups is 1. The molecule has 10 heteroatoms. The quantitative estimate of drug-likeness (QED) is 0.596. The molecule has 2 aliphatic rings. The van der Waals surface area contributed by atoms with E-state index >= 15 is 0 Å². The van der Waals surface area contributed by atoms with Gasteiger partial charge in [0.1, 0.15) is 12.6 Å². The molecule has 1 amide bonds. The largest absolute Gasteiger partial charge is 0.481 e. The van der Waals surface area contributed by atoms with E-state index in [0.717, 1.165) is 48.3 Å². The summed E-state index contributed by atoms with van der Waals surface area (Å²) < 4.78 is 16.4. The number of aromatic nitrogens is 4. The highest BCUT2D eigenvalue weighted by Gasteiger charge is 2.34. The Morgan fingerprint density at radius 1 is 1.22 bits per heavy atom. The van der Waals surface area contributed by atoms with Crippen LogP contribution in [0.25, 0.3) is 0 Å². The van der Waals surface area contributed by atoms with Gasteiger partial charge in [-0.3, -0.25) is 4.79 Å². The maximum atomic E-state index is 12.8. The zero-order valence-corrected chi connectivity index (χ0v) is 18.0. The Morgan fingerprint density at radius 3 is 2.91 bits per heavy atom. The number of likely N-dealkylation sites (tertiary alicyclic amines) is 1. The third-order valence-corrected chi connectivity index (χ3v) is 5.90. The number of hydrogen-bond donors (Lipinski definition) is 0. The zero-order valence-electron chi connectivity index (χ0n) is 18.0. The van der Waals surface area contributed by atoms with Gasteiger partial charge in [0.2, 0.25) is 11.8 Å². The molecule has 5 heterocycles. The molecular weight excluding hydrogens is 412 g/mol. The molecule has 32 heavy (non-hydrogen) atoms. The minimum absolute atomic E-state index is 0.203.